The first-order chi connectivity index (χ1) is 6.88. The van der Waals surface area contributed by atoms with Gasteiger partial charge in [0.15, 0.2) is 6.17 Å². The van der Waals surface area contributed by atoms with Gasteiger partial charge in [0.1, 0.15) is 5.01 Å². The first kappa shape index (κ1) is 9.91. The van der Waals surface area contributed by atoms with Gasteiger partial charge in [0.2, 0.25) is 5.95 Å². The van der Waals surface area contributed by atoms with Crippen LogP contribution < -0.4 is 10.1 Å². The average molecular weight is 225 g/mol. The van der Waals surface area contributed by atoms with E-state index in [0.717, 1.165) is 11.0 Å². The summed E-state index contributed by atoms with van der Waals surface area (Å²) in [7, 11) is 1.55. The molecule has 0 aliphatic carbocycles. The zero-order valence-corrected chi connectivity index (χ0v) is 8.15. The van der Waals surface area contributed by atoms with Crippen molar-refractivity contribution in [2.45, 2.75) is 13.6 Å². The quantitative estimate of drug-likeness (QED) is 0.835. The molecular formula is C8H11N5OS. The van der Waals surface area contributed by atoms with Crippen molar-refractivity contribution in [3.63, 3.8) is 0 Å². The zero-order valence-electron chi connectivity index (χ0n) is 7.34. The summed E-state index contributed by atoms with van der Waals surface area (Å²) in [5, 5.41) is 10.2. The van der Waals surface area contributed by atoms with Gasteiger partial charge in [-0.1, -0.05) is 7.43 Å². The van der Waals surface area contributed by atoms with Gasteiger partial charge in [0.05, 0.1) is 7.11 Å². The molecule has 0 fully saturated rings. The lowest BCUT2D eigenvalue weighted by Gasteiger charge is -2.26. The van der Waals surface area contributed by atoms with E-state index >= 15 is 0 Å². The molecule has 0 saturated carbocycles. The number of aromatic nitrogens is 4. The maximum atomic E-state index is 4.92. The number of hydrogen-bond donors (Lipinski definition) is 1. The van der Waals surface area contributed by atoms with Crippen LogP contribution in [-0.4, -0.2) is 26.9 Å². The fourth-order valence-corrected chi connectivity index (χ4v) is 1.99. The number of hydrogen-bond acceptors (Lipinski definition) is 6. The van der Waals surface area contributed by atoms with Crippen molar-refractivity contribution in [2.24, 2.45) is 0 Å². The largest absolute Gasteiger partial charge is 0.466 e. The molecule has 2 aromatic heterocycles. The summed E-state index contributed by atoms with van der Waals surface area (Å²) in [6, 6.07) is 0.381. The Morgan fingerprint density at radius 2 is 2.47 bits per heavy atom. The number of methoxy groups -OCH3 is 1. The number of thiazole rings is 1. The fraction of sp³-hybridized carbons (Fsp3) is 0.375. The van der Waals surface area contributed by atoms with Gasteiger partial charge in [0, 0.05) is 11.6 Å². The van der Waals surface area contributed by atoms with Gasteiger partial charge in [-0.3, -0.25) is 0 Å². The molecule has 1 N–H and O–H groups in total. The Hall–Kier alpha value is -1.63. The predicted molar refractivity (Wildman–Crippen MR) is 57.2 cm³/mol. The molecule has 2 aromatic rings. The highest BCUT2D eigenvalue weighted by molar-refractivity contribution is 7.09. The molecule has 0 radical (unpaired) electrons. The monoisotopic (exact) mass is 225 g/mol. The van der Waals surface area contributed by atoms with Gasteiger partial charge < -0.3 is 10.1 Å². The summed E-state index contributed by atoms with van der Waals surface area (Å²) in [5.41, 5.74) is 0. The number of nitrogens with zero attached hydrogens (tertiary/aromatic N) is 4. The van der Waals surface area contributed by atoms with Crippen LogP contribution in [-0.2, 0) is 0 Å². The Bertz CT molecular complexity index is 452. The minimum Gasteiger partial charge on any atom is -0.466 e. The number of rotatable bonds is 2. The van der Waals surface area contributed by atoms with E-state index in [9.17, 15) is 0 Å². The molecule has 15 heavy (non-hydrogen) atoms. The van der Waals surface area contributed by atoms with Crippen LogP contribution in [0.3, 0.4) is 0 Å². The lowest BCUT2D eigenvalue weighted by atomic mass is 10.4. The number of fused-ring (bicyclic) bond motifs is 1. The van der Waals surface area contributed by atoms with E-state index in [1.807, 2.05) is 5.38 Å². The standard InChI is InChI=1S/C7H7N5OS.CH4/c1-13-7-10-6-9-4(12(6)11-7)5-8-2-3-14-5;/h2-4H,1H3,(H,9,10,11);1H4. The Morgan fingerprint density at radius 1 is 1.60 bits per heavy atom. The van der Waals surface area contributed by atoms with E-state index in [1.54, 1.807) is 29.3 Å². The molecule has 0 aromatic carbocycles. The van der Waals surface area contributed by atoms with E-state index in [0.29, 0.717) is 6.01 Å². The van der Waals surface area contributed by atoms with Crippen LogP contribution in [0.2, 0.25) is 0 Å². The summed E-state index contributed by atoms with van der Waals surface area (Å²) < 4.78 is 6.68. The van der Waals surface area contributed by atoms with Crippen LogP contribution >= 0.6 is 11.3 Å². The van der Waals surface area contributed by atoms with Gasteiger partial charge in [0.25, 0.3) is 0 Å². The van der Waals surface area contributed by atoms with Crippen molar-refractivity contribution in [3.05, 3.63) is 16.6 Å². The molecule has 1 aliphatic heterocycles. The third-order valence-electron chi connectivity index (χ3n) is 1.99. The lowest BCUT2D eigenvalue weighted by Crippen LogP contribution is -2.32. The summed E-state index contributed by atoms with van der Waals surface area (Å²) in [4.78, 5) is 8.27. The van der Waals surface area contributed by atoms with E-state index in [1.165, 1.54) is 0 Å². The normalized spacial score (nSPS) is 17.0. The van der Waals surface area contributed by atoms with Crippen LogP contribution in [0.15, 0.2) is 11.6 Å². The number of ether oxygens (including phenoxy) is 1. The maximum Gasteiger partial charge on any atom is 0.337 e. The molecular weight excluding hydrogens is 214 g/mol. The van der Waals surface area contributed by atoms with Crippen molar-refractivity contribution < 1.29 is 4.74 Å². The first-order valence-corrected chi connectivity index (χ1v) is 4.93. The van der Waals surface area contributed by atoms with E-state index in [-0.39, 0.29) is 13.6 Å². The van der Waals surface area contributed by atoms with Gasteiger partial charge in [-0.15, -0.1) is 16.4 Å². The third-order valence-corrected chi connectivity index (χ3v) is 2.82. The SMILES string of the molecule is C.COc1nc2n(n1)C(c1nccs1)N2. The van der Waals surface area contributed by atoms with Crippen molar-refractivity contribution in [1.29, 1.82) is 0 Å². The molecule has 0 spiro atoms. The van der Waals surface area contributed by atoms with Crippen molar-refractivity contribution in [2.75, 3.05) is 12.4 Å². The highest BCUT2D eigenvalue weighted by Gasteiger charge is 2.32. The minimum absolute atomic E-state index is 0. The first-order valence-electron chi connectivity index (χ1n) is 4.05. The maximum absolute atomic E-state index is 4.92. The minimum atomic E-state index is 0. The van der Waals surface area contributed by atoms with Gasteiger partial charge in [-0.05, 0) is 0 Å². The second kappa shape index (κ2) is 3.50. The highest BCUT2D eigenvalue weighted by Crippen LogP contribution is 2.32. The van der Waals surface area contributed by atoms with Crippen LogP contribution in [0.25, 0.3) is 0 Å². The molecule has 80 valence electrons. The molecule has 3 heterocycles. The Morgan fingerprint density at radius 3 is 3.13 bits per heavy atom. The van der Waals surface area contributed by atoms with E-state index in [4.69, 9.17) is 4.74 Å². The van der Waals surface area contributed by atoms with E-state index < -0.39 is 0 Å². The molecule has 0 bridgehead atoms. The van der Waals surface area contributed by atoms with Crippen LogP contribution in [0, 0.1) is 0 Å². The van der Waals surface area contributed by atoms with Crippen LogP contribution in [0.5, 0.6) is 6.01 Å². The average Bonchev–Trinajstić information content (AvgIpc) is 2.77. The van der Waals surface area contributed by atoms with E-state index in [2.05, 4.69) is 20.4 Å². The van der Waals surface area contributed by atoms with Crippen molar-refractivity contribution in [1.82, 2.24) is 19.7 Å². The summed E-state index contributed by atoms with van der Waals surface area (Å²) in [6.07, 6.45) is 1.79. The molecule has 1 atom stereocenters. The van der Waals surface area contributed by atoms with Crippen LogP contribution in [0.1, 0.15) is 18.6 Å². The van der Waals surface area contributed by atoms with Crippen molar-refractivity contribution >= 4 is 17.3 Å². The predicted octanol–water partition coefficient (Wildman–Crippen LogP) is 1.35. The summed E-state index contributed by atoms with van der Waals surface area (Å²) >= 11 is 1.58. The zero-order chi connectivity index (χ0) is 9.54. The number of anilines is 1. The second-order valence-electron chi connectivity index (χ2n) is 2.78. The Labute approximate surface area is 90.9 Å². The highest BCUT2D eigenvalue weighted by atomic mass is 32.1. The topological polar surface area (TPSA) is 64.9 Å². The fourth-order valence-electron chi connectivity index (χ4n) is 1.32. The summed E-state index contributed by atoms with van der Waals surface area (Å²) in [6.45, 7) is 0. The molecule has 1 unspecified atom stereocenters. The molecule has 0 saturated heterocycles. The Balaban J connectivity index is 0.000000853. The third kappa shape index (κ3) is 1.35. The van der Waals surface area contributed by atoms with Gasteiger partial charge >= 0.3 is 6.01 Å². The molecule has 1 aliphatic rings. The van der Waals surface area contributed by atoms with Gasteiger partial charge in [-0.2, -0.15) is 9.67 Å². The molecule has 7 heteroatoms. The van der Waals surface area contributed by atoms with Crippen LogP contribution in [0.4, 0.5) is 5.95 Å². The summed E-state index contributed by atoms with van der Waals surface area (Å²) in [5.74, 6) is 0.724. The second-order valence-corrected chi connectivity index (χ2v) is 3.71. The van der Waals surface area contributed by atoms with Gasteiger partial charge in [-0.25, -0.2) is 4.98 Å². The Kier molecular flexibility index (Phi) is 2.31. The lowest BCUT2D eigenvalue weighted by molar-refractivity contribution is 0.373. The molecule has 0 amide bonds. The molecule has 6 nitrogen and oxygen atoms in total. The van der Waals surface area contributed by atoms with Crippen molar-refractivity contribution in [3.8, 4) is 6.01 Å². The number of nitrogens with one attached hydrogen (secondary N) is 1. The molecule has 3 rings (SSSR count). The smallest absolute Gasteiger partial charge is 0.337 e.